The van der Waals surface area contributed by atoms with Gasteiger partial charge >= 0.3 is 0 Å². The molecule has 0 heterocycles. The van der Waals surface area contributed by atoms with Gasteiger partial charge in [0.1, 0.15) is 0 Å². The molecule has 19 heavy (non-hydrogen) atoms. The first-order valence-corrected chi connectivity index (χ1v) is 7.70. The highest BCUT2D eigenvalue weighted by atomic mass is 16.5. The van der Waals surface area contributed by atoms with Crippen molar-refractivity contribution in [1.82, 2.24) is 10.6 Å². The quantitative estimate of drug-likeness (QED) is 0.801. The number of methoxy groups -OCH3 is 1. The molecule has 0 saturated heterocycles. The van der Waals surface area contributed by atoms with Gasteiger partial charge in [-0.2, -0.15) is 0 Å². The Hall–Kier alpha value is -0.610. The maximum atomic E-state index is 12.3. The molecule has 0 aromatic heterocycles. The van der Waals surface area contributed by atoms with Gasteiger partial charge in [0.15, 0.2) is 0 Å². The number of carbonyl (C=O) groups excluding carboxylic acids is 1. The predicted octanol–water partition coefficient (Wildman–Crippen LogP) is 1.98. The van der Waals surface area contributed by atoms with Gasteiger partial charge in [0.2, 0.25) is 5.91 Å². The van der Waals surface area contributed by atoms with Crippen molar-refractivity contribution < 1.29 is 9.53 Å². The highest BCUT2D eigenvalue weighted by Crippen LogP contribution is 2.31. The average Bonchev–Trinajstić information content (AvgIpc) is 2.86. The summed E-state index contributed by atoms with van der Waals surface area (Å²) in [5, 5.41) is 6.59. The van der Waals surface area contributed by atoms with E-state index in [1.807, 2.05) is 7.05 Å². The van der Waals surface area contributed by atoms with Crippen LogP contribution in [0, 0.1) is 0 Å². The summed E-state index contributed by atoms with van der Waals surface area (Å²) in [5.74, 6) is 0.185. The van der Waals surface area contributed by atoms with Crippen LogP contribution in [-0.2, 0) is 9.53 Å². The van der Waals surface area contributed by atoms with E-state index >= 15 is 0 Å². The third-order valence-corrected chi connectivity index (χ3v) is 4.94. The van der Waals surface area contributed by atoms with Gasteiger partial charge in [-0.25, -0.2) is 0 Å². The first-order chi connectivity index (χ1) is 9.19. The molecule has 4 heteroatoms. The molecule has 2 aliphatic rings. The summed E-state index contributed by atoms with van der Waals surface area (Å²) < 4.78 is 5.44. The van der Waals surface area contributed by atoms with Crippen LogP contribution < -0.4 is 10.6 Å². The summed E-state index contributed by atoms with van der Waals surface area (Å²) >= 11 is 0. The van der Waals surface area contributed by atoms with Crippen LogP contribution in [0.2, 0.25) is 0 Å². The Labute approximate surface area is 116 Å². The van der Waals surface area contributed by atoms with Gasteiger partial charge in [0.25, 0.3) is 0 Å². The second kappa shape index (κ2) is 6.71. The molecule has 2 aliphatic carbocycles. The Kier molecular flexibility index (Phi) is 5.22. The van der Waals surface area contributed by atoms with Gasteiger partial charge in [-0.3, -0.25) is 4.79 Å². The Morgan fingerprint density at radius 2 is 1.95 bits per heavy atom. The summed E-state index contributed by atoms with van der Waals surface area (Å²) in [7, 11) is 3.73. The molecule has 1 amide bonds. The van der Waals surface area contributed by atoms with Crippen molar-refractivity contribution in [3.8, 4) is 0 Å². The van der Waals surface area contributed by atoms with Gasteiger partial charge in [-0.05, 0) is 39.2 Å². The van der Waals surface area contributed by atoms with E-state index in [0.717, 1.165) is 32.1 Å². The Bertz CT molecular complexity index is 301. The normalized spacial score (nSPS) is 30.2. The molecular formula is C15H28N2O2. The molecule has 2 unspecified atom stereocenters. The summed E-state index contributed by atoms with van der Waals surface area (Å²) in [6.07, 6.45) is 10.1. The second-order valence-electron chi connectivity index (χ2n) is 6.15. The molecule has 0 aromatic rings. The van der Waals surface area contributed by atoms with E-state index in [2.05, 4.69) is 10.6 Å². The van der Waals surface area contributed by atoms with Gasteiger partial charge < -0.3 is 15.4 Å². The minimum Gasteiger partial charge on any atom is -0.379 e. The van der Waals surface area contributed by atoms with Crippen molar-refractivity contribution in [3.05, 3.63) is 0 Å². The predicted molar refractivity (Wildman–Crippen MR) is 76.1 cm³/mol. The van der Waals surface area contributed by atoms with Crippen LogP contribution in [0.25, 0.3) is 0 Å². The van der Waals surface area contributed by atoms with Gasteiger partial charge in [-0.1, -0.05) is 19.3 Å². The van der Waals surface area contributed by atoms with Crippen LogP contribution in [0.3, 0.4) is 0 Å². The molecule has 0 spiro atoms. The fourth-order valence-corrected chi connectivity index (χ4v) is 3.68. The topological polar surface area (TPSA) is 50.4 Å². The first kappa shape index (κ1) is 14.8. The van der Waals surface area contributed by atoms with E-state index in [0.29, 0.717) is 6.42 Å². The zero-order valence-corrected chi connectivity index (χ0v) is 12.3. The van der Waals surface area contributed by atoms with Crippen molar-refractivity contribution in [2.75, 3.05) is 14.2 Å². The number of ether oxygens (including phenoxy) is 1. The number of carbonyl (C=O) groups is 1. The summed E-state index contributed by atoms with van der Waals surface area (Å²) in [6, 6.07) is 0.218. The maximum absolute atomic E-state index is 12.3. The first-order valence-electron chi connectivity index (χ1n) is 7.70. The van der Waals surface area contributed by atoms with E-state index in [4.69, 9.17) is 4.74 Å². The average molecular weight is 268 g/mol. The van der Waals surface area contributed by atoms with Crippen molar-refractivity contribution in [2.24, 2.45) is 0 Å². The Morgan fingerprint density at radius 1 is 1.21 bits per heavy atom. The van der Waals surface area contributed by atoms with E-state index in [-0.39, 0.29) is 23.6 Å². The van der Waals surface area contributed by atoms with Gasteiger partial charge in [-0.15, -0.1) is 0 Å². The second-order valence-corrected chi connectivity index (χ2v) is 6.15. The molecule has 0 aromatic carbocycles. The van der Waals surface area contributed by atoms with E-state index in [9.17, 15) is 4.79 Å². The standard InChI is InChI=1S/C15H28N2O2/c1-16-15(9-4-3-5-10-15)11-14(18)17-12-7-6-8-13(12)19-2/h12-13,16H,3-11H2,1-2H3,(H,17,18). The number of rotatable bonds is 5. The Balaban J connectivity index is 1.85. The number of hydrogen-bond donors (Lipinski definition) is 2. The molecule has 2 rings (SSSR count). The van der Waals surface area contributed by atoms with Gasteiger partial charge in [0, 0.05) is 19.1 Å². The molecule has 0 aliphatic heterocycles. The molecule has 110 valence electrons. The molecule has 2 fully saturated rings. The Morgan fingerprint density at radius 3 is 2.58 bits per heavy atom. The van der Waals surface area contributed by atoms with Crippen LogP contribution >= 0.6 is 0 Å². The summed E-state index contributed by atoms with van der Waals surface area (Å²) in [5.41, 5.74) is 0.0313. The maximum Gasteiger partial charge on any atom is 0.222 e. The smallest absolute Gasteiger partial charge is 0.222 e. The fraction of sp³-hybridized carbons (Fsp3) is 0.933. The SMILES string of the molecule is CNC1(CC(=O)NC2CCCC2OC)CCCCC1. The van der Waals surface area contributed by atoms with Crippen molar-refractivity contribution in [1.29, 1.82) is 0 Å². The van der Waals surface area contributed by atoms with Crippen molar-refractivity contribution >= 4 is 5.91 Å². The molecule has 2 saturated carbocycles. The van der Waals surface area contributed by atoms with E-state index in [1.54, 1.807) is 7.11 Å². The van der Waals surface area contributed by atoms with Crippen LogP contribution in [0.4, 0.5) is 0 Å². The third-order valence-electron chi connectivity index (χ3n) is 4.94. The van der Waals surface area contributed by atoms with Crippen molar-refractivity contribution in [2.45, 2.75) is 75.5 Å². The van der Waals surface area contributed by atoms with Crippen LogP contribution in [0.15, 0.2) is 0 Å². The monoisotopic (exact) mass is 268 g/mol. The van der Waals surface area contributed by atoms with E-state index in [1.165, 1.54) is 19.3 Å². The molecule has 0 radical (unpaired) electrons. The lowest BCUT2D eigenvalue weighted by molar-refractivity contribution is -0.124. The zero-order valence-electron chi connectivity index (χ0n) is 12.3. The molecule has 0 bridgehead atoms. The molecule has 2 atom stereocenters. The summed E-state index contributed by atoms with van der Waals surface area (Å²) in [6.45, 7) is 0. The van der Waals surface area contributed by atoms with Crippen molar-refractivity contribution in [3.63, 3.8) is 0 Å². The van der Waals surface area contributed by atoms with E-state index < -0.39 is 0 Å². The molecule has 2 N–H and O–H groups in total. The van der Waals surface area contributed by atoms with Crippen LogP contribution in [0.1, 0.15) is 57.8 Å². The molecular weight excluding hydrogens is 240 g/mol. The third kappa shape index (κ3) is 3.69. The number of hydrogen-bond acceptors (Lipinski definition) is 3. The minimum atomic E-state index is 0.0313. The summed E-state index contributed by atoms with van der Waals surface area (Å²) in [4.78, 5) is 12.3. The lowest BCUT2D eigenvalue weighted by Crippen LogP contribution is -2.50. The number of nitrogens with one attached hydrogen (secondary N) is 2. The minimum absolute atomic E-state index is 0.0313. The lowest BCUT2D eigenvalue weighted by atomic mass is 9.79. The lowest BCUT2D eigenvalue weighted by Gasteiger charge is -2.37. The molecule has 4 nitrogen and oxygen atoms in total. The van der Waals surface area contributed by atoms with Crippen LogP contribution in [-0.4, -0.2) is 37.7 Å². The highest BCUT2D eigenvalue weighted by Gasteiger charge is 2.34. The zero-order chi connectivity index (χ0) is 13.7. The largest absolute Gasteiger partial charge is 0.379 e. The highest BCUT2D eigenvalue weighted by molar-refractivity contribution is 5.77. The van der Waals surface area contributed by atoms with Crippen LogP contribution in [0.5, 0.6) is 0 Å². The van der Waals surface area contributed by atoms with Gasteiger partial charge in [0.05, 0.1) is 12.1 Å². The fourth-order valence-electron chi connectivity index (χ4n) is 3.68. The number of amides is 1.